The van der Waals surface area contributed by atoms with Gasteiger partial charge in [-0.1, -0.05) is 32.0 Å². The summed E-state index contributed by atoms with van der Waals surface area (Å²) in [4.78, 5) is 15.2. The average Bonchev–Trinajstić information content (AvgIpc) is 2.96. The molecule has 4 nitrogen and oxygen atoms in total. The van der Waals surface area contributed by atoms with Crippen LogP contribution < -0.4 is 9.80 Å². The van der Waals surface area contributed by atoms with E-state index in [1.165, 1.54) is 5.56 Å². The Kier molecular flexibility index (Phi) is 4.53. The zero-order valence-corrected chi connectivity index (χ0v) is 14.6. The molecule has 0 spiro atoms. The van der Waals surface area contributed by atoms with Gasteiger partial charge in [-0.15, -0.1) is 0 Å². The predicted octanol–water partition coefficient (Wildman–Crippen LogP) is 4.12. The van der Waals surface area contributed by atoms with E-state index >= 15 is 0 Å². The smallest absolute Gasteiger partial charge is 0.335 e. The molecule has 5 heteroatoms. The van der Waals surface area contributed by atoms with E-state index in [0.29, 0.717) is 11.0 Å². The van der Waals surface area contributed by atoms with E-state index in [1.54, 1.807) is 18.2 Å². The van der Waals surface area contributed by atoms with Crippen LogP contribution in [0.4, 0.5) is 11.4 Å². The maximum Gasteiger partial charge on any atom is 0.335 e. The van der Waals surface area contributed by atoms with Gasteiger partial charge in [-0.25, -0.2) is 4.79 Å². The summed E-state index contributed by atoms with van der Waals surface area (Å²) >= 11 is 5.62. The molecule has 124 valence electrons. The lowest BCUT2D eigenvalue weighted by molar-refractivity contribution is 0.0697. The molecule has 3 rings (SSSR count). The summed E-state index contributed by atoms with van der Waals surface area (Å²) in [5, 5.41) is 9.86. The number of carboxylic acids is 1. The monoisotopic (exact) mass is 340 g/mol. The summed E-state index contributed by atoms with van der Waals surface area (Å²) in [6.45, 7) is 5.88. The molecule has 0 radical (unpaired) electrons. The van der Waals surface area contributed by atoms with Gasteiger partial charge in [-0.2, -0.15) is 0 Å². The summed E-state index contributed by atoms with van der Waals surface area (Å²) in [5.74, 6) is -0.428. The normalized spacial score (nSPS) is 14.5. The standard InChI is InChI=1S/C19H20N2O2S/c1-13(2)14-6-8-16(9-7-14)20-10-11-21(19(20)24)17-5-3-4-15(12-17)18(22)23/h3-9,12-13H,10-11H2,1-2H3,(H,22,23). The van der Waals surface area contributed by atoms with E-state index < -0.39 is 5.97 Å². The van der Waals surface area contributed by atoms with Crippen LogP contribution in [0.2, 0.25) is 0 Å². The second kappa shape index (κ2) is 6.61. The minimum atomic E-state index is -0.928. The van der Waals surface area contributed by atoms with Crippen molar-refractivity contribution in [3.8, 4) is 0 Å². The third-order valence-corrected chi connectivity index (χ3v) is 4.73. The van der Waals surface area contributed by atoms with Crippen molar-refractivity contribution in [2.75, 3.05) is 22.9 Å². The first-order valence-electron chi connectivity index (χ1n) is 7.99. The van der Waals surface area contributed by atoms with Crippen LogP contribution in [-0.2, 0) is 0 Å². The Balaban J connectivity index is 1.82. The van der Waals surface area contributed by atoms with Gasteiger partial charge in [0.25, 0.3) is 0 Å². The molecule has 0 amide bonds. The molecular weight excluding hydrogens is 320 g/mol. The Bertz CT molecular complexity index is 771. The molecule has 2 aromatic rings. The first-order chi connectivity index (χ1) is 11.5. The molecule has 0 aliphatic carbocycles. The highest BCUT2D eigenvalue weighted by molar-refractivity contribution is 7.80. The lowest BCUT2D eigenvalue weighted by Gasteiger charge is -2.22. The van der Waals surface area contributed by atoms with Gasteiger partial charge >= 0.3 is 5.97 Å². The number of anilines is 2. The lowest BCUT2D eigenvalue weighted by atomic mass is 10.0. The fraction of sp³-hybridized carbons (Fsp3) is 0.263. The van der Waals surface area contributed by atoms with E-state index in [1.807, 2.05) is 11.0 Å². The largest absolute Gasteiger partial charge is 0.478 e. The molecule has 1 fully saturated rings. The number of thiocarbonyl (C=S) groups is 1. The van der Waals surface area contributed by atoms with Gasteiger partial charge in [0.2, 0.25) is 0 Å². The second-order valence-corrected chi connectivity index (χ2v) is 6.55. The van der Waals surface area contributed by atoms with E-state index in [4.69, 9.17) is 17.3 Å². The number of rotatable bonds is 4. The molecule has 24 heavy (non-hydrogen) atoms. The van der Waals surface area contributed by atoms with Crippen LogP contribution in [0.25, 0.3) is 0 Å². The number of benzene rings is 2. The number of hydrogen-bond acceptors (Lipinski definition) is 2. The van der Waals surface area contributed by atoms with Crippen molar-refractivity contribution in [3.63, 3.8) is 0 Å². The molecule has 2 aromatic carbocycles. The minimum absolute atomic E-state index is 0.273. The fourth-order valence-electron chi connectivity index (χ4n) is 2.86. The summed E-state index contributed by atoms with van der Waals surface area (Å²) in [6, 6.07) is 15.4. The van der Waals surface area contributed by atoms with Crippen LogP contribution in [-0.4, -0.2) is 29.3 Å². The Morgan fingerprint density at radius 2 is 1.67 bits per heavy atom. The van der Waals surface area contributed by atoms with Crippen molar-refractivity contribution in [2.24, 2.45) is 0 Å². The zero-order chi connectivity index (χ0) is 17.3. The predicted molar refractivity (Wildman–Crippen MR) is 101 cm³/mol. The van der Waals surface area contributed by atoms with Gasteiger partial charge in [0, 0.05) is 24.5 Å². The number of carbonyl (C=O) groups is 1. The SMILES string of the molecule is CC(C)c1ccc(N2CCN(c3cccc(C(=O)O)c3)C2=S)cc1. The van der Waals surface area contributed by atoms with Gasteiger partial charge in [0.1, 0.15) is 0 Å². The first-order valence-corrected chi connectivity index (χ1v) is 8.40. The third kappa shape index (κ3) is 3.12. The molecule has 1 N–H and O–H groups in total. The summed E-state index contributed by atoms with van der Waals surface area (Å²) in [6.07, 6.45) is 0. The van der Waals surface area contributed by atoms with Gasteiger partial charge in [0.15, 0.2) is 5.11 Å². The van der Waals surface area contributed by atoms with Crippen LogP contribution in [0.3, 0.4) is 0 Å². The second-order valence-electron chi connectivity index (χ2n) is 6.19. The Morgan fingerprint density at radius 3 is 2.25 bits per heavy atom. The van der Waals surface area contributed by atoms with E-state index in [2.05, 4.69) is 43.0 Å². The highest BCUT2D eigenvalue weighted by atomic mass is 32.1. The molecule has 0 aromatic heterocycles. The van der Waals surface area contributed by atoms with Gasteiger partial charge in [0.05, 0.1) is 5.56 Å². The molecule has 0 saturated carbocycles. The number of carboxylic acid groups (broad SMARTS) is 1. The molecule has 1 heterocycles. The van der Waals surface area contributed by atoms with Crippen LogP contribution >= 0.6 is 12.2 Å². The van der Waals surface area contributed by atoms with Gasteiger partial charge in [-0.05, 0) is 54.0 Å². The highest BCUT2D eigenvalue weighted by Gasteiger charge is 2.27. The average molecular weight is 340 g/mol. The van der Waals surface area contributed by atoms with Gasteiger partial charge in [-0.3, -0.25) is 0 Å². The number of aromatic carboxylic acids is 1. The van der Waals surface area contributed by atoms with E-state index in [0.717, 1.165) is 24.5 Å². The van der Waals surface area contributed by atoms with E-state index in [9.17, 15) is 4.79 Å². The molecule has 0 bridgehead atoms. The van der Waals surface area contributed by atoms with Crippen LogP contribution in [0, 0.1) is 0 Å². The summed E-state index contributed by atoms with van der Waals surface area (Å²) in [7, 11) is 0. The van der Waals surface area contributed by atoms with Crippen LogP contribution in [0.15, 0.2) is 48.5 Å². The summed E-state index contributed by atoms with van der Waals surface area (Å²) in [5.41, 5.74) is 3.47. The molecular formula is C19H20N2O2S. The Morgan fingerprint density at radius 1 is 1.04 bits per heavy atom. The fourth-order valence-corrected chi connectivity index (χ4v) is 3.26. The first kappa shape index (κ1) is 16.5. The third-order valence-electron chi connectivity index (χ3n) is 4.29. The zero-order valence-electron chi connectivity index (χ0n) is 13.8. The van der Waals surface area contributed by atoms with Crippen molar-refractivity contribution in [2.45, 2.75) is 19.8 Å². The summed E-state index contributed by atoms with van der Waals surface area (Å²) < 4.78 is 0. The number of hydrogen-bond donors (Lipinski definition) is 1. The topological polar surface area (TPSA) is 43.8 Å². The maximum absolute atomic E-state index is 11.2. The molecule has 1 aliphatic heterocycles. The van der Waals surface area contributed by atoms with Crippen molar-refractivity contribution in [3.05, 3.63) is 59.7 Å². The Labute approximate surface area is 147 Å². The molecule has 1 saturated heterocycles. The van der Waals surface area contributed by atoms with Gasteiger partial charge < -0.3 is 14.9 Å². The van der Waals surface area contributed by atoms with Crippen LogP contribution in [0.5, 0.6) is 0 Å². The lowest BCUT2D eigenvalue weighted by Crippen LogP contribution is -2.31. The van der Waals surface area contributed by atoms with Crippen LogP contribution in [0.1, 0.15) is 35.7 Å². The molecule has 1 aliphatic rings. The van der Waals surface area contributed by atoms with Crippen molar-refractivity contribution >= 4 is 34.7 Å². The highest BCUT2D eigenvalue weighted by Crippen LogP contribution is 2.27. The molecule has 0 atom stereocenters. The van der Waals surface area contributed by atoms with Crippen molar-refractivity contribution in [1.29, 1.82) is 0 Å². The quantitative estimate of drug-likeness (QED) is 0.848. The van der Waals surface area contributed by atoms with E-state index in [-0.39, 0.29) is 5.56 Å². The molecule has 0 unspecified atom stereocenters. The van der Waals surface area contributed by atoms with Crippen molar-refractivity contribution < 1.29 is 9.90 Å². The minimum Gasteiger partial charge on any atom is -0.478 e. The number of nitrogens with zero attached hydrogens (tertiary/aromatic N) is 2. The van der Waals surface area contributed by atoms with Crippen molar-refractivity contribution in [1.82, 2.24) is 0 Å². The Hall–Kier alpha value is -2.40. The maximum atomic E-state index is 11.2.